The summed E-state index contributed by atoms with van der Waals surface area (Å²) >= 11 is 11.8. The number of nitrogens with one attached hydrogen (secondary N) is 2. The lowest BCUT2D eigenvalue weighted by Gasteiger charge is -2.20. The molecule has 0 saturated heterocycles. The summed E-state index contributed by atoms with van der Waals surface area (Å²) in [7, 11) is 0. The van der Waals surface area contributed by atoms with E-state index in [1.807, 2.05) is 0 Å². The van der Waals surface area contributed by atoms with E-state index in [-0.39, 0.29) is 22.2 Å². The highest BCUT2D eigenvalue weighted by Gasteiger charge is 2.24. The second-order valence-corrected chi connectivity index (χ2v) is 7.22. The van der Waals surface area contributed by atoms with Crippen molar-refractivity contribution >= 4 is 46.9 Å². The van der Waals surface area contributed by atoms with Gasteiger partial charge in [-0.1, -0.05) is 37.0 Å². The number of benzene rings is 2. The molecule has 0 saturated carbocycles. The van der Waals surface area contributed by atoms with Gasteiger partial charge in [-0.25, -0.2) is 5.43 Å². The lowest BCUT2D eigenvalue weighted by atomic mass is 10.0. The molecule has 0 radical (unpaired) electrons. The standard InChI is InChI=1S/C19H18Cl2N4O4/c1-11(2)17(23-18(26)13-5-8-15(20)16(21)9-13)19(27)24-22-10-12-3-6-14(7-4-12)25(28)29/h3-11,17H,1-2H3,(H,23,26)(H,24,27)/b22-10+. The highest BCUT2D eigenvalue weighted by molar-refractivity contribution is 6.42. The Bertz CT molecular complexity index is 946. The van der Waals surface area contributed by atoms with Crippen molar-refractivity contribution in [3.05, 3.63) is 73.8 Å². The summed E-state index contributed by atoms with van der Waals surface area (Å²) < 4.78 is 0. The van der Waals surface area contributed by atoms with Crippen LogP contribution in [0.4, 0.5) is 5.69 Å². The maximum atomic E-state index is 12.4. The summed E-state index contributed by atoms with van der Waals surface area (Å²) in [6.45, 7) is 3.55. The molecule has 0 aliphatic heterocycles. The lowest BCUT2D eigenvalue weighted by molar-refractivity contribution is -0.384. The number of carbonyl (C=O) groups is 2. The van der Waals surface area contributed by atoms with Gasteiger partial charge in [0.15, 0.2) is 0 Å². The molecule has 1 unspecified atom stereocenters. The van der Waals surface area contributed by atoms with Gasteiger partial charge < -0.3 is 5.32 Å². The summed E-state index contributed by atoms with van der Waals surface area (Å²) in [6.07, 6.45) is 1.35. The zero-order valence-corrected chi connectivity index (χ0v) is 17.1. The summed E-state index contributed by atoms with van der Waals surface area (Å²) in [4.78, 5) is 35.0. The fraction of sp³-hybridized carbons (Fsp3) is 0.211. The van der Waals surface area contributed by atoms with E-state index < -0.39 is 22.8 Å². The van der Waals surface area contributed by atoms with E-state index in [1.165, 1.54) is 48.7 Å². The van der Waals surface area contributed by atoms with Gasteiger partial charge in [0.1, 0.15) is 6.04 Å². The van der Waals surface area contributed by atoms with Gasteiger partial charge in [0.2, 0.25) is 0 Å². The van der Waals surface area contributed by atoms with E-state index in [0.717, 1.165) is 0 Å². The van der Waals surface area contributed by atoms with Crippen molar-refractivity contribution in [3.8, 4) is 0 Å². The van der Waals surface area contributed by atoms with Crippen LogP contribution in [0.15, 0.2) is 47.6 Å². The number of hydrazone groups is 1. The van der Waals surface area contributed by atoms with Crippen molar-refractivity contribution < 1.29 is 14.5 Å². The number of non-ortho nitro benzene ring substituents is 1. The summed E-state index contributed by atoms with van der Waals surface area (Å²) in [6, 6.07) is 9.24. The maximum Gasteiger partial charge on any atom is 0.269 e. The van der Waals surface area contributed by atoms with Crippen LogP contribution in [0.5, 0.6) is 0 Å². The molecule has 29 heavy (non-hydrogen) atoms. The Morgan fingerprint density at radius 1 is 1.10 bits per heavy atom. The zero-order chi connectivity index (χ0) is 21.6. The first-order chi connectivity index (χ1) is 13.7. The van der Waals surface area contributed by atoms with E-state index in [1.54, 1.807) is 13.8 Å². The number of halogens is 2. The van der Waals surface area contributed by atoms with Crippen LogP contribution in [0.1, 0.15) is 29.8 Å². The van der Waals surface area contributed by atoms with Crippen molar-refractivity contribution in [2.45, 2.75) is 19.9 Å². The molecule has 2 amide bonds. The molecule has 8 nitrogen and oxygen atoms in total. The minimum absolute atomic E-state index is 0.0453. The molecule has 0 spiro atoms. The molecule has 0 aromatic heterocycles. The summed E-state index contributed by atoms with van der Waals surface area (Å²) in [5.74, 6) is -1.19. The Kier molecular flexibility index (Phi) is 7.69. The third-order valence-electron chi connectivity index (χ3n) is 3.91. The molecule has 10 heteroatoms. The quantitative estimate of drug-likeness (QED) is 0.390. The molecule has 1 atom stereocenters. The minimum Gasteiger partial charge on any atom is -0.340 e. The number of hydrogen-bond acceptors (Lipinski definition) is 5. The number of nitro benzene ring substituents is 1. The van der Waals surface area contributed by atoms with Crippen LogP contribution in [0.2, 0.25) is 10.0 Å². The van der Waals surface area contributed by atoms with Crippen LogP contribution in [0, 0.1) is 16.0 Å². The van der Waals surface area contributed by atoms with Gasteiger partial charge in [0, 0.05) is 17.7 Å². The van der Waals surface area contributed by atoms with Crippen molar-refractivity contribution in [2.24, 2.45) is 11.0 Å². The first kappa shape index (κ1) is 22.3. The van der Waals surface area contributed by atoms with E-state index >= 15 is 0 Å². The van der Waals surface area contributed by atoms with E-state index in [2.05, 4.69) is 15.8 Å². The number of nitrogens with zero attached hydrogens (tertiary/aromatic N) is 2. The molecule has 0 fully saturated rings. The summed E-state index contributed by atoms with van der Waals surface area (Å²) in [5.41, 5.74) is 3.15. The Hall–Kier alpha value is -2.97. The van der Waals surface area contributed by atoms with Crippen molar-refractivity contribution in [3.63, 3.8) is 0 Å². The Labute approximate surface area is 177 Å². The van der Waals surface area contributed by atoms with Gasteiger partial charge >= 0.3 is 0 Å². The topological polar surface area (TPSA) is 114 Å². The monoisotopic (exact) mass is 436 g/mol. The lowest BCUT2D eigenvalue weighted by Crippen LogP contribution is -2.48. The van der Waals surface area contributed by atoms with Gasteiger partial charge in [-0.3, -0.25) is 19.7 Å². The molecular formula is C19H18Cl2N4O4. The molecular weight excluding hydrogens is 419 g/mol. The fourth-order valence-electron chi connectivity index (χ4n) is 2.32. The third-order valence-corrected chi connectivity index (χ3v) is 4.65. The van der Waals surface area contributed by atoms with Crippen LogP contribution in [-0.4, -0.2) is 29.0 Å². The van der Waals surface area contributed by atoms with Gasteiger partial charge in [0.05, 0.1) is 21.2 Å². The molecule has 0 bridgehead atoms. The van der Waals surface area contributed by atoms with Gasteiger partial charge in [-0.15, -0.1) is 0 Å². The average molecular weight is 437 g/mol. The molecule has 0 heterocycles. The number of nitro groups is 1. The predicted octanol–water partition coefficient (Wildman–Crippen LogP) is 3.81. The van der Waals surface area contributed by atoms with Crippen LogP contribution < -0.4 is 10.7 Å². The van der Waals surface area contributed by atoms with E-state index in [0.29, 0.717) is 10.6 Å². The number of rotatable bonds is 7. The number of amides is 2. The molecule has 2 aromatic carbocycles. The zero-order valence-electron chi connectivity index (χ0n) is 15.6. The molecule has 2 aromatic rings. The smallest absolute Gasteiger partial charge is 0.269 e. The third kappa shape index (κ3) is 6.27. The van der Waals surface area contributed by atoms with E-state index in [4.69, 9.17) is 23.2 Å². The maximum absolute atomic E-state index is 12.4. The molecule has 2 N–H and O–H groups in total. The van der Waals surface area contributed by atoms with Crippen LogP contribution >= 0.6 is 23.2 Å². The van der Waals surface area contributed by atoms with Gasteiger partial charge in [-0.2, -0.15) is 5.10 Å². The van der Waals surface area contributed by atoms with Crippen molar-refractivity contribution in [1.29, 1.82) is 0 Å². The first-order valence-electron chi connectivity index (χ1n) is 8.52. The minimum atomic E-state index is -0.842. The Morgan fingerprint density at radius 2 is 1.76 bits per heavy atom. The second kappa shape index (κ2) is 9.99. The molecule has 2 rings (SSSR count). The number of carbonyl (C=O) groups excluding carboxylic acids is 2. The predicted molar refractivity (Wildman–Crippen MR) is 111 cm³/mol. The van der Waals surface area contributed by atoms with Gasteiger partial charge in [-0.05, 0) is 41.8 Å². The second-order valence-electron chi connectivity index (χ2n) is 6.41. The molecule has 0 aliphatic carbocycles. The molecule has 0 aliphatic rings. The van der Waals surface area contributed by atoms with Crippen molar-refractivity contribution in [2.75, 3.05) is 0 Å². The van der Waals surface area contributed by atoms with Crippen LogP contribution in [0.3, 0.4) is 0 Å². The van der Waals surface area contributed by atoms with E-state index in [9.17, 15) is 19.7 Å². The SMILES string of the molecule is CC(C)C(NC(=O)c1ccc(Cl)c(Cl)c1)C(=O)N/N=C/c1ccc([N+](=O)[O-])cc1. The highest BCUT2D eigenvalue weighted by atomic mass is 35.5. The number of hydrogen-bond donors (Lipinski definition) is 2. The highest BCUT2D eigenvalue weighted by Crippen LogP contribution is 2.22. The van der Waals surface area contributed by atoms with Crippen molar-refractivity contribution in [1.82, 2.24) is 10.7 Å². The largest absolute Gasteiger partial charge is 0.340 e. The van der Waals surface area contributed by atoms with Crippen LogP contribution in [0.25, 0.3) is 0 Å². The normalized spacial score (nSPS) is 12.0. The van der Waals surface area contributed by atoms with Gasteiger partial charge in [0.25, 0.3) is 17.5 Å². The Morgan fingerprint density at radius 3 is 2.31 bits per heavy atom. The first-order valence-corrected chi connectivity index (χ1v) is 9.28. The van der Waals surface area contributed by atoms with Crippen LogP contribution in [-0.2, 0) is 4.79 Å². The Balaban J connectivity index is 2.02. The summed E-state index contributed by atoms with van der Waals surface area (Å²) in [5, 5.41) is 17.7. The fourth-order valence-corrected chi connectivity index (χ4v) is 2.62. The molecule has 152 valence electrons. The average Bonchev–Trinajstić information content (AvgIpc) is 2.68.